The number of esters is 1. The molecule has 2 atom stereocenters. The SMILES string of the molecule is CCOC(=O)[C@H]1[C@H](Cl)CCN1C(=O)OC(C)(C)C. The predicted molar refractivity (Wildman–Crippen MR) is 67.6 cm³/mol. The van der Waals surface area contributed by atoms with Crippen molar-refractivity contribution >= 4 is 23.7 Å². The molecule has 0 spiro atoms. The van der Waals surface area contributed by atoms with Crippen LogP contribution in [-0.2, 0) is 14.3 Å². The number of rotatable bonds is 2. The second kappa shape index (κ2) is 5.78. The minimum Gasteiger partial charge on any atom is -0.464 e. The lowest BCUT2D eigenvalue weighted by atomic mass is 10.2. The van der Waals surface area contributed by atoms with Gasteiger partial charge in [-0.15, -0.1) is 11.6 Å². The van der Waals surface area contributed by atoms with E-state index in [1.165, 1.54) is 4.90 Å². The van der Waals surface area contributed by atoms with Crippen molar-refractivity contribution < 1.29 is 19.1 Å². The largest absolute Gasteiger partial charge is 0.464 e. The molecule has 1 heterocycles. The number of ether oxygens (including phenoxy) is 2. The summed E-state index contributed by atoms with van der Waals surface area (Å²) in [6.07, 6.45) is 0.0355. The monoisotopic (exact) mass is 277 g/mol. The Hall–Kier alpha value is -0.970. The van der Waals surface area contributed by atoms with E-state index >= 15 is 0 Å². The molecule has 18 heavy (non-hydrogen) atoms. The van der Waals surface area contributed by atoms with Crippen molar-refractivity contribution in [2.45, 2.75) is 51.1 Å². The van der Waals surface area contributed by atoms with Gasteiger partial charge < -0.3 is 9.47 Å². The highest BCUT2D eigenvalue weighted by Gasteiger charge is 2.43. The third kappa shape index (κ3) is 3.77. The molecule has 6 heteroatoms. The van der Waals surface area contributed by atoms with Gasteiger partial charge in [0.15, 0.2) is 0 Å². The molecule has 0 saturated carbocycles. The van der Waals surface area contributed by atoms with E-state index in [4.69, 9.17) is 21.1 Å². The van der Waals surface area contributed by atoms with Crippen molar-refractivity contribution in [2.24, 2.45) is 0 Å². The smallest absolute Gasteiger partial charge is 0.411 e. The quantitative estimate of drug-likeness (QED) is 0.573. The Morgan fingerprint density at radius 3 is 2.50 bits per heavy atom. The Morgan fingerprint density at radius 1 is 1.39 bits per heavy atom. The van der Waals surface area contributed by atoms with Gasteiger partial charge in [0.2, 0.25) is 0 Å². The third-order valence-corrected chi connectivity index (χ3v) is 2.94. The molecule has 1 amide bonds. The zero-order valence-corrected chi connectivity index (χ0v) is 12.0. The maximum Gasteiger partial charge on any atom is 0.411 e. The van der Waals surface area contributed by atoms with Crippen LogP contribution in [-0.4, -0.2) is 47.1 Å². The second-order valence-electron chi connectivity index (χ2n) is 5.18. The zero-order chi connectivity index (χ0) is 13.9. The van der Waals surface area contributed by atoms with Crippen LogP contribution in [0, 0.1) is 0 Å². The Balaban J connectivity index is 2.74. The zero-order valence-electron chi connectivity index (χ0n) is 11.2. The van der Waals surface area contributed by atoms with E-state index < -0.39 is 29.1 Å². The van der Waals surface area contributed by atoms with E-state index in [1.54, 1.807) is 27.7 Å². The summed E-state index contributed by atoms with van der Waals surface area (Å²) < 4.78 is 10.2. The van der Waals surface area contributed by atoms with E-state index in [0.717, 1.165) is 0 Å². The van der Waals surface area contributed by atoms with E-state index in [0.29, 0.717) is 13.0 Å². The van der Waals surface area contributed by atoms with Gasteiger partial charge in [-0.25, -0.2) is 9.59 Å². The highest BCUT2D eigenvalue weighted by molar-refractivity contribution is 6.23. The molecule has 0 N–H and O–H groups in total. The summed E-state index contributed by atoms with van der Waals surface area (Å²) >= 11 is 6.07. The van der Waals surface area contributed by atoms with Crippen LogP contribution in [0.5, 0.6) is 0 Å². The van der Waals surface area contributed by atoms with Crippen LogP contribution in [0.4, 0.5) is 4.79 Å². The number of alkyl halides is 1. The molecule has 0 unspecified atom stereocenters. The molecule has 0 bridgehead atoms. The molecule has 1 fully saturated rings. The molecule has 0 aromatic heterocycles. The molecule has 5 nitrogen and oxygen atoms in total. The molecular formula is C12H20ClNO4. The van der Waals surface area contributed by atoms with Gasteiger partial charge in [0.05, 0.1) is 12.0 Å². The molecule has 1 saturated heterocycles. The number of amides is 1. The van der Waals surface area contributed by atoms with Crippen LogP contribution in [0.15, 0.2) is 0 Å². The number of nitrogens with zero attached hydrogens (tertiary/aromatic N) is 1. The van der Waals surface area contributed by atoms with Crippen LogP contribution < -0.4 is 0 Å². The highest BCUT2D eigenvalue weighted by Crippen LogP contribution is 2.26. The fraction of sp³-hybridized carbons (Fsp3) is 0.833. The molecule has 0 aliphatic carbocycles. The van der Waals surface area contributed by atoms with E-state index in [9.17, 15) is 9.59 Å². The van der Waals surface area contributed by atoms with Crippen molar-refractivity contribution in [3.05, 3.63) is 0 Å². The Kier molecular flexibility index (Phi) is 4.85. The first-order valence-electron chi connectivity index (χ1n) is 6.06. The van der Waals surface area contributed by atoms with E-state index in [1.807, 2.05) is 0 Å². The summed E-state index contributed by atoms with van der Waals surface area (Å²) in [5.74, 6) is -0.471. The van der Waals surface area contributed by atoms with Gasteiger partial charge in [-0.2, -0.15) is 0 Å². The second-order valence-corrected chi connectivity index (χ2v) is 5.74. The normalized spacial score (nSPS) is 23.9. The minimum atomic E-state index is -0.749. The average molecular weight is 278 g/mol. The number of carbonyl (C=O) groups excluding carboxylic acids is 2. The van der Waals surface area contributed by atoms with Gasteiger partial charge >= 0.3 is 12.1 Å². The van der Waals surface area contributed by atoms with Crippen molar-refractivity contribution in [1.29, 1.82) is 0 Å². The summed E-state index contributed by atoms with van der Waals surface area (Å²) in [7, 11) is 0. The van der Waals surface area contributed by atoms with Crippen LogP contribution in [0.25, 0.3) is 0 Å². The molecule has 1 aliphatic rings. The summed E-state index contributed by atoms with van der Waals surface area (Å²) in [6.45, 7) is 7.72. The Labute approximate surface area is 112 Å². The Morgan fingerprint density at radius 2 is 2.00 bits per heavy atom. The first kappa shape index (κ1) is 15.1. The third-order valence-electron chi connectivity index (χ3n) is 2.48. The lowest BCUT2D eigenvalue weighted by Crippen LogP contribution is -2.46. The number of halogens is 1. The van der Waals surface area contributed by atoms with Crippen molar-refractivity contribution in [3.8, 4) is 0 Å². The molecule has 1 rings (SSSR count). The van der Waals surface area contributed by atoms with Crippen LogP contribution >= 0.6 is 11.6 Å². The lowest BCUT2D eigenvalue weighted by molar-refractivity contribution is -0.148. The predicted octanol–water partition coefficient (Wildman–Crippen LogP) is 2.17. The van der Waals surface area contributed by atoms with E-state index in [2.05, 4.69) is 0 Å². The van der Waals surface area contributed by atoms with Crippen LogP contribution in [0.2, 0.25) is 0 Å². The fourth-order valence-electron chi connectivity index (χ4n) is 1.78. The first-order chi connectivity index (χ1) is 8.26. The van der Waals surface area contributed by atoms with Gasteiger partial charge in [0.1, 0.15) is 11.6 Å². The number of likely N-dealkylation sites (tertiary alicyclic amines) is 1. The molecule has 0 aromatic carbocycles. The summed E-state index contributed by atoms with van der Waals surface area (Å²) in [4.78, 5) is 25.1. The topological polar surface area (TPSA) is 55.8 Å². The fourth-order valence-corrected chi connectivity index (χ4v) is 2.12. The van der Waals surface area contributed by atoms with Gasteiger partial charge in [-0.1, -0.05) is 0 Å². The molecule has 0 radical (unpaired) electrons. The van der Waals surface area contributed by atoms with Gasteiger partial charge in [-0.3, -0.25) is 4.90 Å². The van der Waals surface area contributed by atoms with E-state index in [-0.39, 0.29) is 6.61 Å². The lowest BCUT2D eigenvalue weighted by Gasteiger charge is -2.28. The molecule has 1 aliphatic heterocycles. The molecular weight excluding hydrogens is 258 g/mol. The molecule has 0 aromatic rings. The van der Waals surface area contributed by atoms with Crippen LogP contribution in [0.1, 0.15) is 34.1 Å². The van der Waals surface area contributed by atoms with Crippen molar-refractivity contribution in [1.82, 2.24) is 4.90 Å². The number of hydrogen-bond donors (Lipinski definition) is 0. The standard InChI is InChI=1S/C12H20ClNO4/c1-5-17-10(15)9-8(13)6-7-14(9)11(16)18-12(2,3)4/h8-9H,5-7H2,1-4H3/t8-,9-/m1/s1. The maximum absolute atomic E-state index is 12.0. The number of hydrogen-bond acceptors (Lipinski definition) is 4. The minimum absolute atomic E-state index is 0.265. The van der Waals surface area contributed by atoms with Crippen molar-refractivity contribution in [3.63, 3.8) is 0 Å². The summed E-state index contributed by atoms with van der Waals surface area (Å²) in [6, 6.07) is -0.749. The van der Waals surface area contributed by atoms with Gasteiger partial charge in [-0.05, 0) is 34.1 Å². The van der Waals surface area contributed by atoms with Crippen molar-refractivity contribution in [2.75, 3.05) is 13.2 Å². The highest BCUT2D eigenvalue weighted by atomic mass is 35.5. The summed E-state index contributed by atoms with van der Waals surface area (Å²) in [5, 5.41) is -0.420. The summed E-state index contributed by atoms with van der Waals surface area (Å²) in [5.41, 5.74) is -0.597. The van der Waals surface area contributed by atoms with Gasteiger partial charge in [0, 0.05) is 6.54 Å². The first-order valence-corrected chi connectivity index (χ1v) is 6.50. The Bertz CT molecular complexity index is 327. The average Bonchev–Trinajstić information content (AvgIpc) is 2.58. The number of carbonyl (C=O) groups is 2. The van der Waals surface area contributed by atoms with Gasteiger partial charge in [0.25, 0.3) is 0 Å². The van der Waals surface area contributed by atoms with Crippen LogP contribution in [0.3, 0.4) is 0 Å². The maximum atomic E-state index is 12.0. The molecule has 104 valence electrons.